The molecule has 0 spiro atoms. The zero-order valence-electron chi connectivity index (χ0n) is 12.3. The average molecular weight is 284 g/mol. The van der Waals surface area contributed by atoms with Crippen molar-refractivity contribution < 1.29 is 9.59 Å². The molecule has 2 aromatic rings. The number of carbonyl (C=O) groups excluding carboxylic acids is 2. The number of rotatable bonds is 5. The summed E-state index contributed by atoms with van der Waals surface area (Å²) >= 11 is 0. The lowest BCUT2D eigenvalue weighted by Gasteiger charge is -2.16. The summed E-state index contributed by atoms with van der Waals surface area (Å²) in [5, 5.41) is 3.97. The van der Waals surface area contributed by atoms with E-state index in [-0.39, 0.29) is 11.7 Å². The van der Waals surface area contributed by atoms with Gasteiger partial charge in [-0.3, -0.25) is 4.79 Å². The number of benzene rings is 1. The van der Waals surface area contributed by atoms with Gasteiger partial charge < -0.3 is 14.7 Å². The Morgan fingerprint density at radius 1 is 1.29 bits per heavy atom. The molecule has 3 rings (SSSR count). The Hall–Kier alpha value is -2.10. The Morgan fingerprint density at radius 3 is 2.90 bits per heavy atom. The fourth-order valence-electron chi connectivity index (χ4n) is 3.15. The fourth-order valence-corrected chi connectivity index (χ4v) is 3.15. The van der Waals surface area contributed by atoms with Crippen molar-refractivity contribution in [3.8, 4) is 0 Å². The summed E-state index contributed by atoms with van der Waals surface area (Å²) in [4.78, 5) is 23.2. The van der Waals surface area contributed by atoms with Gasteiger partial charge in [-0.2, -0.15) is 0 Å². The third kappa shape index (κ3) is 2.58. The van der Waals surface area contributed by atoms with Crippen molar-refractivity contribution in [2.75, 3.05) is 6.54 Å². The Morgan fingerprint density at radius 2 is 2.10 bits per heavy atom. The van der Waals surface area contributed by atoms with E-state index in [9.17, 15) is 9.59 Å². The highest BCUT2D eigenvalue weighted by atomic mass is 16.1. The van der Waals surface area contributed by atoms with Crippen molar-refractivity contribution in [3.63, 3.8) is 0 Å². The highest BCUT2D eigenvalue weighted by Gasteiger charge is 2.24. The molecule has 1 aliphatic rings. The number of amides is 1. The molecule has 4 heteroatoms. The van der Waals surface area contributed by atoms with Gasteiger partial charge in [0.1, 0.15) is 5.78 Å². The fraction of sp³-hybridized carbons (Fsp3) is 0.412. The predicted octanol–water partition coefficient (Wildman–Crippen LogP) is 2.69. The molecule has 1 N–H and O–H groups in total. The van der Waals surface area contributed by atoms with Gasteiger partial charge in [0.25, 0.3) is 5.91 Å². The first-order valence-corrected chi connectivity index (χ1v) is 7.56. The van der Waals surface area contributed by atoms with Gasteiger partial charge in [-0.15, -0.1) is 0 Å². The minimum absolute atomic E-state index is 0.0370. The third-order valence-corrected chi connectivity index (χ3v) is 4.11. The number of nitrogens with one attached hydrogen (secondary N) is 1. The molecular formula is C17H20N2O2. The number of unbranched alkanes of at least 4 members (excludes halogenated alkanes) is 1. The molecule has 21 heavy (non-hydrogen) atoms. The second-order valence-electron chi connectivity index (χ2n) is 5.66. The minimum atomic E-state index is 0.0370. The summed E-state index contributed by atoms with van der Waals surface area (Å²) in [6.45, 7) is 3.21. The molecule has 0 fully saturated rings. The van der Waals surface area contributed by atoms with Crippen LogP contribution in [0, 0.1) is 0 Å². The number of Topliss-reactive ketones (excluding diaryl/α,β-unsaturated/α-hetero) is 1. The first kappa shape index (κ1) is 13.9. The van der Waals surface area contributed by atoms with E-state index in [1.54, 1.807) is 6.92 Å². The normalized spacial score (nSPS) is 14.0. The topological polar surface area (TPSA) is 51.1 Å². The van der Waals surface area contributed by atoms with Crippen LogP contribution in [0.3, 0.4) is 0 Å². The molecule has 1 aliphatic heterocycles. The molecule has 1 amide bonds. The van der Waals surface area contributed by atoms with Crippen LogP contribution in [0.4, 0.5) is 0 Å². The Bertz CT molecular complexity index is 700. The number of nitrogens with zero attached hydrogens (tertiary/aromatic N) is 1. The molecule has 0 unspecified atom stereocenters. The van der Waals surface area contributed by atoms with E-state index in [0.717, 1.165) is 48.0 Å². The van der Waals surface area contributed by atoms with Crippen LogP contribution in [-0.4, -0.2) is 22.8 Å². The van der Waals surface area contributed by atoms with Crippen LogP contribution >= 0.6 is 0 Å². The first-order chi connectivity index (χ1) is 10.2. The van der Waals surface area contributed by atoms with Crippen molar-refractivity contribution in [2.45, 2.75) is 39.2 Å². The molecule has 110 valence electrons. The van der Waals surface area contributed by atoms with Crippen molar-refractivity contribution in [3.05, 3.63) is 35.5 Å². The molecule has 0 bridgehead atoms. The summed E-state index contributed by atoms with van der Waals surface area (Å²) in [5.41, 5.74) is 3.11. The van der Waals surface area contributed by atoms with Crippen LogP contribution in [0.2, 0.25) is 0 Å². The molecule has 2 heterocycles. The Balaban J connectivity index is 1.94. The van der Waals surface area contributed by atoms with Gasteiger partial charge in [0.2, 0.25) is 0 Å². The van der Waals surface area contributed by atoms with E-state index in [4.69, 9.17) is 0 Å². The standard InChI is InChI=1S/C17H20N2O2/c1-12(20)6-4-5-11-19-14-8-3-2-7-13(14)16-15(19)9-10-18-17(16)21/h2-3,7-8H,4-6,9-11H2,1H3,(H,18,21). The molecule has 1 aromatic heterocycles. The molecule has 0 saturated carbocycles. The van der Waals surface area contributed by atoms with Crippen LogP contribution in [0.25, 0.3) is 10.9 Å². The monoisotopic (exact) mass is 284 g/mol. The van der Waals surface area contributed by atoms with Crippen LogP contribution < -0.4 is 5.32 Å². The van der Waals surface area contributed by atoms with E-state index < -0.39 is 0 Å². The van der Waals surface area contributed by atoms with Crippen molar-refractivity contribution in [1.29, 1.82) is 0 Å². The zero-order chi connectivity index (χ0) is 14.8. The maximum Gasteiger partial charge on any atom is 0.253 e. The lowest BCUT2D eigenvalue weighted by Crippen LogP contribution is -2.32. The van der Waals surface area contributed by atoms with Gasteiger partial charge in [-0.05, 0) is 25.8 Å². The summed E-state index contributed by atoms with van der Waals surface area (Å²) < 4.78 is 2.27. The molecule has 0 aliphatic carbocycles. The predicted molar refractivity (Wildman–Crippen MR) is 82.5 cm³/mol. The number of aromatic nitrogens is 1. The summed E-state index contributed by atoms with van der Waals surface area (Å²) in [5.74, 6) is 0.281. The van der Waals surface area contributed by atoms with Crippen LogP contribution in [0.5, 0.6) is 0 Å². The van der Waals surface area contributed by atoms with E-state index in [1.807, 2.05) is 18.2 Å². The molecule has 1 aromatic carbocycles. The van der Waals surface area contributed by atoms with Gasteiger partial charge in [-0.25, -0.2) is 0 Å². The van der Waals surface area contributed by atoms with Crippen molar-refractivity contribution in [2.24, 2.45) is 0 Å². The first-order valence-electron chi connectivity index (χ1n) is 7.56. The van der Waals surface area contributed by atoms with Crippen molar-refractivity contribution in [1.82, 2.24) is 9.88 Å². The van der Waals surface area contributed by atoms with E-state index in [1.165, 1.54) is 0 Å². The molecular weight excluding hydrogens is 264 g/mol. The average Bonchev–Trinajstić information content (AvgIpc) is 2.79. The lowest BCUT2D eigenvalue weighted by molar-refractivity contribution is -0.117. The number of fused-ring (bicyclic) bond motifs is 3. The van der Waals surface area contributed by atoms with E-state index >= 15 is 0 Å². The maximum absolute atomic E-state index is 12.2. The van der Waals surface area contributed by atoms with Gasteiger partial charge in [0.15, 0.2) is 0 Å². The highest BCUT2D eigenvalue weighted by molar-refractivity contribution is 6.09. The van der Waals surface area contributed by atoms with Gasteiger partial charge in [0, 0.05) is 42.5 Å². The molecule has 0 atom stereocenters. The second kappa shape index (κ2) is 5.72. The van der Waals surface area contributed by atoms with E-state index in [2.05, 4.69) is 16.0 Å². The third-order valence-electron chi connectivity index (χ3n) is 4.11. The second-order valence-corrected chi connectivity index (χ2v) is 5.66. The number of hydrogen-bond acceptors (Lipinski definition) is 2. The zero-order valence-corrected chi connectivity index (χ0v) is 12.3. The summed E-state index contributed by atoms with van der Waals surface area (Å²) in [6.07, 6.45) is 3.39. The van der Waals surface area contributed by atoms with E-state index in [0.29, 0.717) is 13.0 Å². The number of ketones is 1. The van der Waals surface area contributed by atoms with Gasteiger partial charge in [0.05, 0.1) is 5.56 Å². The Labute approximate surface area is 124 Å². The molecule has 0 saturated heterocycles. The SMILES string of the molecule is CC(=O)CCCCn1c2c(c3ccccc31)C(=O)NCC2. The number of aryl methyl sites for hydroxylation is 1. The quantitative estimate of drug-likeness (QED) is 0.858. The summed E-state index contributed by atoms with van der Waals surface area (Å²) in [7, 11) is 0. The highest BCUT2D eigenvalue weighted by Crippen LogP contribution is 2.28. The van der Waals surface area contributed by atoms with Crippen LogP contribution in [0.15, 0.2) is 24.3 Å². The van der Waals surface area contributed by atoms with Crippen LogP contribution in [-0.2, 0) is 17.8 Å². The lowest BCUT2D eigenvalue weighted by atomic mass is 10.1. The molecule has 4 nitrogen and oxygen atoms in total. The smallest absolute Gasteiger partial charge is 0.253 e. The van der Waals surface area contributed by atoms with Crippen molar-refractivity contribution >= 4 is 22.6 Å². The number of carbonyl (C=O) groups is 2. The maximum atomic E-state index is 12.2. The number of para-hydroxylation sites is 1. The van der Waals surface area contributed by atoms with Crippen LogP contribution in [0.1, 0.15) is 42.2 Å². The van der Waals surface area contributed by atoms with Gasteiger partial charge >= 0.3 is 0 Å². The summed E-state index contributed by atoms with van der Waals surface area (Å²) in [6, 6.07) is 8.08. The minimum Gasteiger partial charge on any atom is -0.352 e. The Kier molecular flexibility index (Phi) is 3.78. The van der Waals surface area contributed by atoms with Gasteiger partial charge in [-0.1, -0.05) is 18.2 Å². The molecule has 0 radical (unpaired) electrons. The largest absolute Gasteiger partial charge is 0.352 e. The number of hydrogen-bond donors (Lipinski definition) is 1.